The van der Waals surface area contributed by atoms with E-state index in [1.165, 1.54) is 4.90 Å². The van der Waals surface area contributed by atoms with Crippen molar-refractivity contribution in [1.29, 1.82) is 0 Å². The second kappa shape index (κ2) is 7.25. The SMILES string of the molecule is CC[C@@H](Oc1ccc(OC)cc1)C(=O)N1CC(=O)Nc2ccccc21. The van der Waals surface area contributed by atoms with Crippen LogP contribution in [0.1, 0.15) is 13.3 Å². The topological polar surface area (TPSA) is 67.9 Å². The number of amides is 2. The van der Waals surface area contributed by atoms with Gasteiger partial charge in [-0.05, 0) is 42.8 Å². The van der Waals surface area contributed by atoms with Crippen LogP contribution in [0.3, 0.4) is 0 Å². The zero-order chi connectivity index (χ0) is 17.8. The van der Waals surface area contributed by atoms with Gasteiger partial charge in [0.05, 0.1) is 18.5 Å². The second-order valence-electron chi connectivity index (χ2n) is 5.68. The third-order valence-corrected chi connectivity index (χ3v) is 4.02. The number of para-hydroxylation sites is 2. The normalized spacial score (nSPS) is 14.3. The summed E-state index contributed by atoms with van der Waals surface area (Å²) in [6, 6.07) is 14.3. The number of nitrogens with zero attached hydrogens (tertiary/aromatic N) is 1. The summed E-state index contributed by atoms with van der Waals surface area (Å²) in [5, 5.41) is 2.78. The monoisotopic (exact) mass is 340 g/mol. The molecule has 2 amide bonds. The van der Waals surface area contributed by atoms with Gasteiger partial charge in [-0.25, -0.2) is 0 Å². The summed E-state index contributed by atoms with van der Waals surface area (Å²) in [4.78, 5) is 26.4. The lowest BCUT2D eigenvalue weighted by molar-refractivity contribution is -0.127. The van der Waals surface area contributed by atoms with Crippen LogP contribution in [0.5, 0.6) is 11.5 Å². The molecule has 0 saturated carbocycles. The minimum Gasteiger partial charge on any atom is -0.497 e. The van der Waals surface area contributed by atoms with E-state index < -0.39 is 6.10 Å². The average Bonchev–Trinajstić information content (AvgIpc) is 2.65. The first-order valence-electron chi connectivity index (χ1n) is 8.13. The number of nitrogens with one attached hydrogen (secondary N) is 1. The fraction of sp³-hybridized carbons (Fsp3) is 0.263. The Bertz CT molecular complexity index is 773. The predicted molar refractivity (Wildman–Crippen MR) is 95.1 cm³/mol. The van der Waals surface area contributed by atoms with E-state index in [0.29, 0.717) is 29.3 Å². The number of anilines is 2. The van der Waals surface area contributed by atoms with Crippen molar-refractivity contribution in [2.75, 3.05) is 23.9 Å². The molecule has 0 saturated heterocycles. The van der Waals surface area contributed by atoms with E-state index in [4.69, 9.17) is 9.47 Å². The molecule has 130 valence electrons. The van der Waals surface area contributed by atoms with Crippen molar-refractivity contribution >= 4 is 23.2 Å². The highest BCUT2D eigenvalue weighted by molar-refractivity contribution is 6.11. The molecule has 0 fully saturated rings. The molecule has 0 unspecified atom stereocenters. The first-order chi connectivity index (χ1) is 12.1. The summed E-state index contributed by atoms with van der Waals surface area (Å²) in [6.45, 7) is 1.86. The number of ether oxygens (including phenoxy) is 2. The molecule has 1 N–H and O–H groups in total. The van der Waals surface area contributed by atoms with E-state index in [1.54, 1.807) is 37.4 Å². The fourth-order valence-corrected chi connectivity index (χ4v) is 2.73. The van der Waals surface area contributed by atoms with Crippen LogP contribution in [-0.4, -0.2) is 31.6 Å². The third-order valence-electron chi connectivity index (χ3n) is 4.02. The van der Waals surface area contributed by atoms with Gasteiger partial charge in [0.1, 0.15) is 18.0 Å². The molecule has 6 heteroatoms. The third kappa shape index (κ3) is 3.57. The van der Waals surface area contributed by atoms with Gasteiger partial charge in [0, 0.05) is 0 Å². The van der Waals surface area contributed by atoms with E-state index in [1.807, 2.05) is 25.1 Å². The Morgan fingerprint density at radius 3 is 2.52 bits per heavy atom. The lowest BCUT2D eigenvalue weighted by Crippen LogP contribution is -2.48. The maximum Gasteiger partial charge on any atom is 0.268 e. The predicted octanol–water partition coefficient (Wildman–Crippen LogP) is 2.84. The summed E-state index contributed by atoms with van der Waals surface area (Å²) < 4.78 is 11.0. The van der Waals surface area contributed by atoms with E-state index in [0.717, 1.165) is 0 Å². The summed E-state index contributed by atoms with van der Waals surface area (Å²) in [6.07, 6.45) is -0.183. The Balaban J connectivity index is 1.81. The number of hydrogen-bond acceptors (Lipinski definition) is 4. The molecule has 0 radical (unpaired) electrons. The van der Waals surface area contributed by atoms with Crippen molar-refractivity contribution in [1.82, 2.24) is 0 Å². The van der Waals surface area contributed by atoms with Gasteiger partial charge in [0.2, 0.25) is 5.91 Å². The van der Waals surface area contributed by atoms with Gasteiger partial charge in [-0.3, -0.25) is 14.5 Å². The zero-order valence-corrected chi connectivity index (χ0v) is 14.2. The summed E-state index contributed by atoms with van der Waals surface area (Å²) in [5.74, 6) is 0.844. The minimum absolute atomic E-state index is 0.0156. The van der Waals surface area contributed by atoms with Gasteiger partial charge < -0.3 is 14.8 Å². The van der Waals surface area contributed by atoms with Crippen LogP contribution in [-0.2, 0) is 9.59 Å². The highest BCUT2D eigenvalue weighted by Crippen LogP contribution is 2.30. The molecule has 1 aliphatic heterocycles. The van der Waals surface area contributed by atoms with Gasteiger partial charge >= 0.3 is 0 Å². The molecule has 2 aromatic carbocycles. The molecular weight excluding hydrogens is 320 g/mol. The molecule has 1 aliphatic rings. The molecule has 0 bridgehead atoms. The number of benzene rings is 2. The summed E-state index contributed by atoms with van der Waals surface area (Å²) in [5.41, 5.74) is 1.32. The van der Waals surface area contributed by atoms with Crippen molar-refractivity contribution in [2.24, 2.45) is 0 Å². The molecule has 0 aromatic heterocycles. The van der Waals surface area contributed by atoms with Gasteiger partial charge in [-0.1, -0.05) is 19.1 Å². The van der Waals surface area contributed by atoms with Crippen LogP contribution in [0.4, 0.5) is 11.4 Å². The Kier molecular flexibility index (Phi) is 4.88. The van der Waals surface area contributed by atoms with E-state index in [-0.39, 0.29) is 18.4 Å². The molecule has 0 aliphatic carbocycles. The molecule has 1 heterocycles. The second-order valence-corrected chi connectivity index (χ2v) is 5.68. The van der Waals surface area contributed by atoms with Gasteiger partial charge in [0.25, 0.3) is 5.91 Å². The minimum atomic E-state index is -0.674. The maximum absolute atomic E-state index is 13.0. The molecule has 0 spiro atoms. The molecule has 3 rings (SSSR count). The molecule has 6 nitrogen and oxygen atoms in total. The number of carbonyl (C=O) groups is 2. The average molecular weight is 340 g/mol. The van der Waals surface area contributed by atoms with Crippen molar-refractivity contribution in [3.05, 3.63) is 48.5 Å². The number of hydrogen-bond donors (Lipinski definition) is 1. The van der Waals surface area contributed by atoms with Gasteiger partial charge in [-0.15, -0.1) is 0 Å². The lowest BCUT2D eigenvalue weighted by atomic mass is 10.1. The summed E-state index contributed by atoms with van der Waals surface area (Å²) in [7, 11) is 1.59. The maximum atomic E-state index is 13.0. The summed E-state index contributed by atoms with van der Waals surface area (Å²) >= 11 is 0. The Morgan fingerprint density at radius 2 is 1.84 bits per heavy atom. The van der Waals surface area contributed by atoms with Crippen molar-refractivity contribution in [2.45, 2.75) is 19.4 Å². The fourth-order valence-electron chi connectivity index (χ4n) is 2.73. The molecule has 2 aromatic rings. The Morgan fingerprint density at radius 1 is 1.16 bits per heavy atom. The van der Waals surface area contributed by atoms with Crippen LogP contribution < -0.4 is 19.7 Å². The zero-order valence-electron chi connectivity index (χ0n) is 14.2. The van der Waals surface area contributed by atoms with Crippen molar-refractivity contribution < 1.29 is 19.1 Å². The molecule has 1 atom stereocenters. The first kappa shape index (κ1) is 16.8. The largest absolute Gasteiger partial charge is 0.497 e. The lowest BCUT2D eigenvalue weighted by Gasteiger charge is -2.31. The Labute approximate surface area is 146 Å². The van der Waals surface area contributed by atoms with Gasteiger partial charge in [0.15, 0.2) is 6.10 Å². The number of rotatable bonds is 5. The standard InChI is InChI=1S/C19H20N2O4/c1-3-17(25-14-10-8-13(24-2)9-11-14)19(23)21-12-18(22)20-15-6-4-5-7-16(15)21/h4-11,17H,3,12H2,1-2H3,(H,20,22)/t17-/m1/s1. The van der Waals surface area contributed by atoms with E-state index in [2.05, 4.69) is 5.32 Å². The Hall–Kier alpha value is -3.02. The van der Waals surface area contributed by atoms with Crippen LogP contribution in [0.2, 0.25) is 0 Å². The van der Waals surface area contributed by atoms with Gasteiger partial charge in [-0.2, -0.15) is 0 Å². The smallest absolute Gasteiger partial charge is 0.268 e. The van der Waals surface area contributed by atoms with E-state index in [9.17, 15) is 9.59 Å². The molecular formula is C19H20N2O4. The number of fused-ring (bicyclic) bond motifs is 1. The van der Waals surface area contributed by atoms with Crippen LogP contribution >= 0.6 is 0 Å². The van der Waals surface area contributed by atoms with Crippen LogP contribution in [0.15, 0.2) is 48.5 Å². The van der Waals surface area contributed by atoms with Crippen molar-refractivity contribution in [3.63, 3.8) is 0 Å². The first-order valence-corrected chi connectivity index (χ1v) is 8.13. The highest BCUT2D eigenvalue weighted by Gasteiger charge is 2.31. The van der Waals surface area contributed by atoms with E-state index >= 15 is 0 Å². The van der Waals surface area contributed by atoms with Crippen molar-refractivity contribution in [3.8, 4) is 11.5 Å². The quantitative estimate of drug-likeness (QED) is 0.909. The van der Waals surface area contributed by atoms with Crippen LogP contribution in [0, 0.1) is 0 Å². The number of methoxy groups -OCH3 is 1. The number of carbonyl (C=O) groups excluding carboxylic acids is 2. The van der Waals surface area contributed by atoms with Crippen LogP contribution in [0.25, 0.3) is 0 Å². The highest BCUT2D eigenvalue weighted by atomic mass is 16.5. The molecule has 25 heavy (non-hydrogen) atoms.